The molecule has 1 aliphatic rings. The van der Waals surface area contributed by atoms with Crippen molar-refractivity contribution < 1.29 is 19.8 Å². The first-order valence-electron chi connectivity index (χ1n) is 6.97. The molecule has 0 aromatic heterocycles. The molecule has 1 rings (SSSR count). The molecule has 1 saturated carbocycles. The second-order valence-corrected chi connectivity index (χ2v) is 5.20. The van der Waals surface area contributed by atoms with Crippen LogP contribution in [0.4, 0.5) is 4.79 Å². The maximum atomic E-state index is 11.6. The predicted octanol–water partition coefficient (Wildman–Crippen LogP) is 1.09. The fourth-order valence-corrected chi connectivity index (χ4v) is 2.57. The number of aliphatic carboxylic acids is 1. The molecule has 0 unspecified atom stereocenters. The van der Waals surface area contributed by atoms with E-state index in [1.54, 1.807) is 0 Å². The van der Waals surface area contributed by atoms with Crippen molar-refractivity contribution in [2.24, 2.45) is 5.92 Å². The van der Waals surface area contributed by atoms with Gasteiger partial charge in [-0.2, -0.15) is 0 Å². The molecular weight excluding hydrogens is 248 g/mol. The van der Waals surface area contributed by atoms with E-state index in [2.05, 4.69) is 17.6 Å². The zero-order chi connectivity index (χ0) is 14.3. The Morgan fingerprint density at radius 3 is 2.37 bits per heavy atom. The molecule has 4 N–H and O–H groups in total. The molecule has 0 heterocycles. The van der Waals surface area contributed by atoms with Crippen LogP contribution in [-0.2, 0) is 4.79 Å². The Balaban J connectivity index is 2.28. The van der Waals surface area contributed by atoms with E-state index in [1.807, 2.05) is 0 Å². The minimum atomic E-state index is -1.24. The third-order valence-corrected chi connectivity index (χ3v) is 3.66. The molecule has 0 saturated heterocycles. The van der Waals surface area contributed by atoms with E-state index < -0.39 is 24.6 Å². The molecule has 0 bridgehead atoms. The zero-order valence-electron chi connectivity index (χ0n) is 11.4. The van der Waals surface area contributed by atoms with Crippen LogP contribution in [0.5, 0.6) is 0 Å². The number of carbonyl (C=O) groups is 2. The Labute approximate surface area is 113 Å². The van der Waals surface area contributed by atoms with Crippen LogP contribution in [0.3, 0.4) is 0 Å². The van der Waals surface area contributed by atoms with Gasteiger partial charge in [-0.25, -0.2) is 9.59 Å². The van der Waals surface area contributed by atoms with Crippen molar-refractivity contribution in [2.75, 3.05) is 6.61 Å². The Hall–Kier alpha value is -1.30. The van der Waals surface area contributed by atoms with Crippen molar-refractivity contribution in [1.82, 2.24) is 10.6 Å². The molecule has 0 aromatic carbocycles. The van der Waals surface area contributed by atoms with Crippen LogP contribution in [0.25, 0.3) is 0 Å². The summed E-state index contributed by atoms with van der Waals surface area (Å²) in [5.74, 6) is -0.473. The second-order valence-electron chi connectivity index (χ2n) is 5.20. The molecule has 1 fully saturated rings. The van der Waals surface area contributed by atoms with Crippen LogP contribution < -0.4 is 10.6 Å². The van der Waals surface area contributed by atoms with Crippen molar-refractivity contribution in [1.29, 1.82) is 0 Å². The molecule has 110 valence electrons. The maximum absolute atomic E-state index is 11.6. The van der Waals surface area contributed by atoms with Gasteiger partial charge in [0, 0.05) is 6.04 Å². The van der Waals surface area contributed by atoms with E-state index in [4.69, 9.17) is 10.2 Å². The Morgan fingerprint density at radius 1 is 1.26 bits per heavy atom. The molecule has 2 amide bonds. The van der Waals surface area contributed by atoms with Gasteiger partial charge in [0.15, 0.2) is 6.04 Å². The summed E-state index contributed by atoms with van der Waals surface area (Å²) in [5, 5.41) is 22.6. The van der Waals surface area contributed by atoms with E-state index in [0.717, 1.165) is 31.6 Å². The minimum absolute atomic E-state index is 0.112. The average molecular weight is 272 g/mol. The number of nitrogens with one attached hydrogen (secondary N) is 2. The predicted molar refractivity (Wildman–Crippen MR) is 70.8 cm³/mol. The lowest BCUT2D eigenvalue weighted by Gasteiger charge is -2.29. The fourth-order valence-electron chi connectivity index (χ4n) is 2.57. The molecule has 0 spiro atoms. The Morgan fingerprint density at radius 2 is 1.89 bits per heavy atom. The molecule has 0 aliphatic heterocycles. The van der Waals surface area contributed by atoms with Gasteiger partial charge in [0.2, 0.25) is 0 Å². The van der Waals surface area contributed by atoms with Crippen molar-refractivity contribution in [3.63, 3.8) is 0 Å². The van der Waals surface area contributed by atoms with Gasteiger partial charge in [-0.1, -0.05) is 19.8 Å². The van der Waals surface area contributed by atoms with Gasteiger partial charge in [-0.3, -0.25) is 0 Å². The zero-order valence-corrected chi connectivity index (χ0v) is 11.4. The van der Waals surface area contributed by atoms with Crippen molar-refractivity contribution >= 4 is 12.0 Å². The van der Waals surface area contributed by atoms with Crippen molar-refractivity contribution in [3.8, 4) is 0 Å². The monoisotopic (exact) mass is 272 g/mol. The van der Waals surface area contributed by atoms with E-state index in [0.29, 0.717) is 0 Å². The van der Waals surface area contributed by atoms with Crippen LogP contribution in [0.2, 0.25) is 0 Å². The molecule has 6 nitrogen and oxygen atoms in total. The summed E-state index contributed by atoms with van der Waals surface area (Å²) in [6.07, 6.45) is 6.54. The number of carboxylic acid groups (broad SMARTS) is 1. The third kappa shape index (κ3) is 5.46. The number of hydrogen-bond donors (Lipinski definition) is 4. The first kappa shape index (κ1) is 15.8. The SMILES string of the molecule is CCCC1CCC(NC(=O)N[C@@H](CO)C(=O)O)CC1. The second kappa shape index (κ2) is 7.99. The summed E-state index contributed by atoms with van der Waals surface area (Å²) >= 11 is 0. The number of rotatable bonds is 6. The van der Waals surface area contributed by atoms with Crippen LogP contribution >= 0.6 is 0 Å². The van der Waals surface area contributed by atoms with Gasteiger partial charge >= 0.3 is 12.0 Å². The van der Waals surface area contributed by atoms with Gasteiger partial charge in [-0.15, -0.1) is 0 Å². The number of carboxylic acids is 1. The van der Waals surface area contributed by atoms with Gasteiger partial charge in [-0.05, 0) is 31.6 Å². The van der Waals surface area contributed by atoms with Crippen molar-refractivity contribution in [2.45, 2.75) is 57.5 Å². The lowest BCUT2D eigenvalue weighted by molar-refractivity contribution is -0.140. The summed E-state index contributed by atoms with van der Waals surface area (Å²) in [4.78, 5) is 22.3. The molecule has 1 atom stereocenters. The molecular formula is C13H24N2O4. The van der Waals surface area contributed by atoms with Crippen LogP contribution in [-0.4, -0.2) is 40.9 Å². The lowest BCUT2D eigenvalue weighted by atomic mass is 9.83. The summed E-state index contributed by atoms with van der Waals surface area (Å²) in [5.41, 5.74) is 0. The maximum Gasteiger partial charge on any atom is 0.328 e. The third-order valence-electron chi connectivity index (χ3n) is 3.66. The summed E-state index contributed by atoms with van der Waals surface area (Å²) < 4.78 is 0. The number of amides is 2. The molecule has 0 aromatic rings. The topological polar surface area (TPSA) is 98.7 Å². The van der Waals surface area contributed by atoms with E-state index >= 15 is 0 Å². The summed E-state index contributed by atoms with van der Waals surface area (Å²) in [6, 6.07) is -1.64. The quantitative estimate of drug-likeness (QED) is 0.581. The highest BCUT2D eigenvalue weighted by molar-refractivity contribution is 5.82. The van der Waals surface area contributed by atoms with Gasteiger partial charge in [0.05, 0.1) is 6.61 Å². The van der Waals surface area contributed by atoms with E-state index in [1.165, 1.54) is 12.8 Å². The lowest BCUT2D eigenvalue weighted by Crippen LogP contribution is -2.51. The smallest absolute Gasteiger partial charge is 0.328 e. The Bertz CT molecular complexity index is 301. The summed E-state index contributed by atoms with van der Waals surface area (Å²) in [6.45, 7) is 1.57. The minimum Gasteiger partial charge on any atom is -0.480 e. The van der Waals surface area contributed by atoms with Gasteiger partial charge in [0.25, 0.3) is 0 Å². The highest BCUT2D eigenvalue weighted by Crippen LogP contribution is 2.27. The number of carbonyl (C=O) groups excluding carboxylic acids is 1. The normalized spacial score (nSPS) is 24.5. The highest BCUT2D eigenvalue weighted by Gasteiger charge is 2.24. The van der Waals surface area contributed by atoms with Crippen molar-refractivity contribution in [3.05, 3.63) is 0 Å². The average Bonchev–Trinajstić information content (AvgIpc) is 2.38. The fraction of sp³-hybridized carbons (Fsp3) is 0.846. The number of aliphatic hydroxyl groups excluding tert-OH is 1. The van der Waals surface area contributed by atoms with Crippen LogP contribution in [0, 0.1) is 5.92 Å². The highest BCUT2D eigenvalue weighted by atomic mass is 16.4. The van der Waals surface area contributed by atoms with Gasteiger partial charge in [0.1, 0.15) is 0 Å². The van der Waals surface area contributed by atoms with Crippen LogP contribution in [0.1, 0.15) is 45.4 Å². The number of aliphatic hydroxyl groups is 1. The molecule has 1 aliphatic carbocycles. The first-order valence-corrected chi connectivity index (χ1v) is 6.97. The van der Waals surface area contributed by atoms with E-state index in [9.17, 15) is 9.59 Å². The number of hydrogen-bond acceptors (Lipinski definition) is 3. The molecule has 6 heteroatoms. The van der Waals surface area contributed by atoms with Gasteiger partial charge < -0.3 is 20.8 Å². The summed E-state index contributed by atoms with van der Waals surface area (Å²) in [7, 11) is 0. The largest absolute Gasteiger partial charge is 0.480 e. The molecule has 19 heavy (non-hydrogen) atoms. The number of urea groups is 1. The van der Waals surface area contributed by atoms with Crippen LogP contribution in [0.15, 0.2) is 0 Å². The Kier molecular flexibility index (Phi) is 6.62. The first-order chi connectivity index (χ1) is 9.06. The molecule has 0 radical (unpaired) electrons. The van der Waals surface area contributed by atoms with E-state index in [-0.39, 0.29) is 6.04 Å². The standard InChI is InChI=1S/C13H24N2O4/c1-2-3-9-4-6-10(7-5-9)14-13(19)15-11(8-16)12(17)18/h9-11,16H,2-8H2,1H3,(H,17,18)(H2,14,15,19)/t9?,10?,11-/m0/s1.